The molecule has 5 unspecified atom stereocenters. The van der Waals surface area contributed by atoms with Crippen molar-refractivity contribution in [2.75, 3.05) is 0 Å². The fraction of sp³-hybridized carbons (Fsp3) is 0.290. The molecule has 1 aliphatic carbocycles. The maximum atomic E-state index is 12.8. The summed E-state index contributed by atoms with van der Waals surface area (Å²) < 4.78 is 7.35. The molecule has 1 saturated carbocycles. The highest BCUT2D eigenvalue weighted by atomic mass is 16.6. The number of hydrogen-bond donors (Lipinski definition) is 4. The summed E-state index contributed by atoms with van der Waals surface area (Å²) >= 11 is 0. The molecule has 39 heavy (non-hydrogen) atoms. The summed E-state index contributed by atoms with van der Waals surface area (Å²) in [5.41, 5.74) is -5.36. The highest BCUT2D eigenvalue weighted by molar-refractivity contribution is 5.54. The lowest BCUT2D eigenvalue weighted by molar-refractivity contribution is -0.156. The van der Waals surface area contributed by atoms with Crippen molar-refractivity contribution in [1.29, 1.82) is 0 Å². The third kappa shape index (κ3) is 3.14. The van der Waals surface area contributed by atoms with Gasteiger partial charge in [-0.05, 0) is 16.7 Å². The number of aliphatic hydroxyl groups is 3. The Kier molecular flexibility index (Phi) is 5.61. The Bertz CT molecular complexity index is 1520. The summed E-state index contributed by atoms with van der Waals surface area (Å²) in [4.78, 5) is 26.7. The molecule has 0 radical (unpaired) electrons. The molecular formula is C31H30N2O6. The fourth-order valence-corrected chi connectivity index (χ4v) is 6.83. The number of aromatic nitrogens is 2. The maximum Gasteiger partial charge on any atom is 0.330 e. The normalized spacial score (nSPS) is 28.0. The maximum absolute atomic E-state index is 12.8. The monoisotopic (exact) mass is 526 g/mol. The highest BCUT2D eigenvalue weighted by Crippen LogP contribution is 2.76. The predicted molar refractivity (Wildman–Crippen MR) is 144 cm³/mol. The molecular weight excluding hydrogens is 496 g/mol. The number of rotatable bonds is 6. The van der Waals surface area contributed by atoms with Crippen LogP contribution < -0.4 is 11.2 Å². The van der Waals surface area contributed by atoms with Gasteiger partial charge in [0.1, 0.15) is 23.4 Å². The molecule has 3 aromatic carbocycles. The summed E-state index contributed by atoms with van der Waals surface area (Å²) in [6.45, 7) is 3.35. The minimum Gasteiger partial charge on any atom is -0.389 e. The Balaban J connectivity index is 1.60. The van der Waals surface area contributed by atoms with E-state index in [1.807, 2.05) is 91.0 Å². The second kappa shape index (κ2) is 8.59. The molecule has 0 bridgehead atoms. The molecule has 0 amide bonds. The molecule has 4 N–H and O–H groups in total. The number of H-pyrrole nitrogens is 1. The molecule has 2 fully saturated rings. The minimum absolute atomic E-state index is 0.598. The van der Waals surface area contributed by atoms with Crippen molar-refractivity contribution in [1.82, 2.24) is 9.55 Å². The lowest BCUT2D eigenvalue weighted by Crippen LogP contribution is -2.54. The first-order chi connectivity index (χ1) is 18.6. The number of benzene rings is 3. The summed E-state index contributed by atoms with van der Waals surface area (Å²) in [6.07, 6.45) is -2.89. The number of nitrogens with one attached hydrogen (secondary N) is 1. The smallest absolute Gasteiger partial charge is 0.330 e. The van der Waals surface area contributed by atoms with Gasteiger partial charge in [0.2, 0.25) is 0 Å². The Hall–Kier alpha value is -3.82. The van der Waals surface area contributed by atoms with Crippen molar-refractivity contribution < 1.29 is 20.1 Å². The van der Waals surface area contributed by atoms with Gasteiger partial charge in [0.05, 0.1) is 5.41 Å². The van der Waals surface area contributed by atoms with Crippen molar-refractivity contribution in [2.24, 2.45) is 5.41 Å². The molecule has 1 aromatic heterocycles. The van der Waals surface area contributed by atoms with Gasteiger partial charge in [-0.2, -0.15) is 0 Å². The van der Waals surface area contributed by atoms with Crippen molar-refractivity contribution in [3.05, 3.63) is 141 Å². The first kappa shape index (κ1) is 25.5. The van der Waals surface area contributed by atoms with E-state index in [2.05, 4.69) is 4.98 Å². The zero-order chi connectivity index (χ0) is 27.6. The number of hydrogen-bond acceptors (Lipinski definition) is 6. The predicted octanol–water partition coefficient (Wildman–Crippen LogP) is 2.33. The lowest BCUT2D eigenvalue weighted by atomic mass is 9.63. The number of ether oxygens (including phenoxy) is 1. The van der Waals surface area contributed by atoms with Crippen LogP contribution in [0.15, 0.2) is 113 Å². The Morgan fingerprint density at radius 2 is 1.26 bits per heavy atom. The quantitative estimate of drug-likeness (QED) is 0.286. The topological polar surface area (TPSA) is 125 Å². The van der Waals surface area contributed by atoms with E-state index in [0.29, 0.717) is 0 Å². The van der Waals surface area contributed by atoms with Crippen LogP contribution in [0.3, 0.4) is 0 Å². The molecule has 8 heteroatoms. The zero-order valence-corrected chi connectivity index (χ0v) is 21.6. The summed E-state index contributed by atoms with van der Waals surface area (Å²) in [5.74, 6) is 0. The van der Waals surface area contributed by atoms with Crippen LogP contribution in [0.25, 0.3) is 0 Å². The molecule has 4 aromatic rings. The minimum atomic E-state index is -1.93. The summed E-state index contributed by atoms with van der Waals surface area (Å²) in [6, 6.07) is 29.6. The number of nitrogens with zero attached hydrogens (tertiary/aromatic N) is 1. The van der Waals surface area contributed by atoms with Crippen LogP contribution in [0, 0.1) is 5.41 Å². The van der Waals surface area contributed by atoms with Crippen LogP contribution in [0.4, 0.5) is 0 Å². The molecule has 2 heterocycles. The van der Waals surface area contributed by atoms with Gasteiger partial charge in [-0.1, -0.05) is 105 Å². The highest BCUT2D eigenvalue weighted by Gasteiger charge is 2.94. The van der Waals surface area contributed by atoms with Gasteiger partial charge in [-0.25, -0.2) is 4.79 Å². The van der Waals surface area contributed by atoms with E-state index in [1.165, 1.54) is 6.20 Å². The van der Waals surface area contributed by atoms with Gasteiger partial charge < -0.3 is 20.1 Å². The summed E-state index contributed by atoms with van der Waals surface area (Å²) in [5, 5.41) is 36.6. The first-order valence-corrected chi connectivity index (χ1v) is 12.9. The van der Waals surface area contributed by atoms with E-state index in [1.54, 1.807) is 13.8 Å². The second-order valence-corrected chi connectivity index (χ2v) is 10.9. The largest absolute Gasteiger partial charge is 0.389 e. The Morgan fingerprint density at radius 1 is 0.795 bits per heavy atom. The number of aliphatic hydroxyl groups excluding tert-OH is 1. The Labute approximate surface area is 224 Å². The van der Waals surface area contributed by atoms with Crippen LogP contribution in [0.1, 0.15) is 36.8 Å². The third-order valence-electron chi connectivity index (χ3n) is 8.99. The molecule has 2 aliphatic rings. The second-order valence-electron chi connectivity index (χ2n) is 10.9. The van der Waals surface area contributed by atoms with Gasteiger partial charge in [-0.3, -0.25) is 14.3 Å². The molecule has 8 nitrogen and oxygen atoms in total. The fourth-order valence-electron chi connectivity index (χ4n) is 6.83. The van der Waals surface area contributed by atoms with Crippen molar-refractivity contribution in [3.8, 4) is 0 Å². The molecule has 6 rings (SSSR count). The molecule has 200 valence electrons. The van der Waals surface area contributed by atoms with E-state index < -0.39 is 51.7 Å². The van der Waals surface area contributed by atoms with Gasteiger partial charge in [0.15, 0.2) is 6.23 Å². The molecule has 1 aliphatic heterocycles. The van der Waals surface area contributed by atoms with E-state index >= 15 is 0 Å². The van der Waals surface area contributed by atoms with Crippen molar-refractivity contribution in [3.63, 3.8) is 0 Å². The Morgan fingerprint density at radius 3 is 1.69 bits per heavy atom. The average molecular weight is 527 g/mol. The van der Waals surface area contributed by atoms with E-state index in [4.69, 9.17) is 4.74 Å². The summed E-state index contributed by atoms with van der Waals surface area (Å²) in [7, 11) is 0. The molecule has 0 spiro atoms. The lowest BCUT2D eigenvalue weighted by Gasteiger charge is -2.44. The van der Waals surface area contributed by atoms with E-state index in [-0.39, 0.29) is 0 Å². The van der Waals surface area contributed by atoms with Crippen LogP contribution >= 0.6 is 0 Å². The SMILES string of the molecule is CC1(C)C2(O)C(C(O)C(c3ccccc3)(c3ccccc3)c3ccccc3)OC(n3ccc(=O)[nH]c3=O)C12O. The number of fused-ring (bicyclic) bond motifs is 1. The van der Waals surface area contributed by atoms with Gasteiger partial charge in [0, 0.05) is 17.7 Å². The van der Waals surface area contributed by atoms with Crippen LogP contribution in [-0.4, -0.2) is 48.3 Å². The van der Waals surface area contributed by atoms with E-state index in [0.717, 1.165) is 27.3 Å². The third-order valence-corrected chi connectivity index (χ3v) is 8.99. The first-order valence-electron chi connectivity index (χ1n) is 12.9. The van der Waals surface area contributed by atoms with E-state index in [9.17, 15) is 24.9 Å². The zero-order valence-electron chi connectivity index (χ0n) is 21.6. The van der Waals surface area contributed by atoms with Crippen molar-refractivity contribution in [2.45, 2.75) is 48.9 Å². The number of aromatic amines is 1. The van der Waals surface area contributed by atoms with Crippen LogP contribution in [0.2, 0.25) is 0 Å². The van der Waals surface area contributed by atoms with Gasteiger partial charge in [0.25, 0.3) is 5.56 Å². The van der Waals surface area contributed by atoms with Crippen LogP contribution in [0.5, 0.6) is 0 Å². The van der Waals surface area contributed by atoms with Gasteiger partial charge >= 0.3 is 5.69 Å². The standard InChI is InChI=1S/C31H30N2O6/c1-28(2)30(37)25(39-26(31(28,30)38)33-19-18-23(34)32-27(33)36)24(35)29(20-12-6-3-7-13-20,21-14-8-4-9-15-21)22-16-10-5-11-17-22/h3-19,24-26,35,37-38H,1-2H3,(H,32,34,36). The molecule has 5 atom stereocenters. The van der Waals surface area contributed by atoms with Crippen molar-refractivity contribution >= 4 is 0 Å². The van der Waals surface area contributed by atoms with Gasteiger partial charge in [-0.15, -0.1) is 0 Å². The molecule has 1 saturated heterocycles. The van der Waals surface area contributed by atoms with Crippen LogP contribution in [-0.2, 0) is 10.2 Å². The average Bonchev–Trinajstić information content (AvgIpc) is 3.15.